The zero-order valence-electron chi connectivity index (χ0n) is 17.2. The summed E-state index contributed by atoms with van der Waals surface area (Å²) in [7, 11) is 0. The molecule has 0 spiro atoms. The number of primary amides is 1. The van der Waals surface area contributed by atoms with Gasteiger partial charge in [-0.05, 0) is 67.4 Å². The first-order chi connectivity index (χ1) is 15.0. The van der Waals surface area contributed by atoms with E-state index >= 15 is 0 Å². The smallest absolute Gasteiger partial charge is 0.224 e. The predicted molar refractivity (Wildman–Crippen MR) is 116 cm³/mol. The number of nitrogens with one attached hydrogen (secondary N) is 2. The Morgan fingerprint density at radius 1 is 1.29 bits per heavy atom. The molecule has 4 rings (SSSR count). The van der Waals surface area contributed by atoms with Crippen LogP contribution in [0.1, 0.15) is 48.8 Å². The number of benzene rings is 1. The van der Waals surface area contributed by atoms with E-state index in [1.54, 1.807) is 6.07 Å². The van der Waals surface area contributed by atoms with E-state index in [2.05, 4.69) is 32.7 Å². The third-order valence-corrected chi connectivity index (χ3v) is 6.04. The largest absolute Gasteiger partial charge is 0.369 e. The molecule has 2 aromatic rings. The molecule has 7 nitrogen and oxygen atoms in total. The van der Waals surface area contributed by atoms with Gasteiger partial charge in [0.1, 0.15) is 23.3 Å². The van der Waals surface area contributed by atoms with Crippen LogP contribution in [0.25, 0.3) is 5.57 Å². The summed E-state index contributed by atoms with van der Waals surface area (Å²) in [5.41, 5.74) is 9.00. The lowest BCUT2D eigenvalue weighted by atomic mass is 9.85. The molecule has 1 aromatic heterocycles. The van der Waals surface area contributed by atoms with E-state index in [0.717, 1.165) is 55.2 Å². The van der Waals surface area contributed by atoms with Gasteiger partial charge in [-0.2, -0.15) is 10.2 Å². The molecule has 8 heteroatoms. The van der Waals surface area contributed by atoms with Crippen LogP contribution in [0.2, 0.25) is 0 Å². The predicted octanol–water partition coefficient (Wildman–Crippen LogP) is 3.39. The van der Waals surface area contributed by atoms with E-state index < -0.39 is 0 Å². The van der Waals surface area contributed by atoms with Gasteiger partial charge in [0.05, 0.1) is 6.20 Å². The highest BCUT2D eigenvalue weighted by Gasteiger charge is 2.25. The number of hydrogen-bond donors (Lipinski definition) is 3. The Bertz CT molecular complexity index is 1050. The molecule has 31 heavy (non-hydrogen) atoms. The summed E-state index contributed by atoms with van der Waals surface area (Å²) in [6, 6.07) is 7.17. The summed E-state index contributed by atoms with van der Waals surface area (Å²) in [6.07, 6.45) is 8.26. The Kier molecular flexibility index (Phi) is 6.12. The molecule has 1 aromatic carbocycles. The number of nitriles is 1. The van der Waals surface area contributed by atoms with Crippen LogP contribution in [0.15, 0.2) is 30.5 Å². The molecule has 0 saturated heterocycles. The van der Waals surface area contributed by atoms with Gasteiger partial charge >= 0.3 is 0 Å². The van der Waals surface area contributed by atoms with Crippen molar-refractivity contribution < 1.29 is 9.18 Å². The third kappa shape index (κ3) is 4.82. The highest BCUT2D eigenvalue weighted by Crippen LogP contribution is 2.30. The number of carbonyl (C=O) groups excluding carboxylic acids is 1. The molecule has 0 aliphatic heterocycles. The van der Waals surface area contributed by atoms with Crippen LogP contribution in [-0.4, -0.2) is 28.5 Å². The van der Waals surface area contributed by atoms with Crippen LogP contribution in [0.3, 0.4) is 0 Å². The maximum atomic E-state index is 13.6. The van der Waals surface area contributed by atoms with Crippen molar-refractivity contribution in [1.82, 2.24) is 9.97 Å². The van der Waals surface area contributed by atoms with Crippen molar-refractivity contribution in [2.75, 3.05) is 17.2 Å². The first kappa shape index (κ1) is 20.8. The minimum Gasteiger partial charge on any atom is -0.369 e. The SMILES string of the molecule is N#Cc1cnc(NCCC2=CCc3ccc(F)cc32)nc1NC1CCC(C(N)=O)CC1. The average Bonchev–Trinajstić information content (AvgIpc) is 3.16. The van der Waals surface area contributed by atoms with Gasteiger partial charge < -0.3 is 16.4 Å². The maximum Gasteiger partial charge on any atom is 0.224 e. The average molecular weight is 420 g/mol. The molecular weight excluding hydrogens is 395 g/mol. The Balaban J connectivity index is 1.36. The van der Waals surface area contributed by atoms with Crippen molar-refractivity contribution in [2.45, 2.75) is 44.6 Å². The van der Waals surface area contributed by atoms with Crippen LogP contribution in [-0.2, 0) is 11.2 Å². The van der Waals surface area contributed by atoms with Gasteiger partial charge in [0.2, 0.25) is 11.9 Å². The van der Waals surface area contributed by atoms with Gasteiger partial charge in [-0.1, -0.05) is 12.1 Å². The zero-order chi connectivity index (χ0) is 21.8. The molecule has 1 amide bonds. The second-order valence-corrected chi connectivity index (χ2v) is 8.07. The fourth-order valence-electron chi connectivity index (χ4n) is 4.29. The van der Waals surface area contributed by atoms with E-state index in [1.165, 1.54) is 12.3 Å². The third-order valence-electron chi connectivity index (χ3n) is 6.04. The van der Waals surface area contributed by atoms with Crippen LogP contribution >= 0.6 is 0 Å². The number of amides is 1. The fraction of sp³-hybridized carbons (Fsp3) is 0.391. The van der Waals surface area contributed by atoms with Crippen LogP contribution in [0, 0.1) is 23.1 Å². The summed E-state index contributed by atoms with van der Waals surface area (Å²) in [4.78, 5) is 20.1. The van der Waals surface area contributed by atoms with E-state index in [-0.39, 0.29) is 23.7 Å². The van der Waals surface area contributed by atoms with E-state index in [9.17, 15) is 14.4 Å². The van der Waals surface area contributed by atoms with Crippen molar-refractivity contribution in [3.8, 4) is 6.07 Å². The highest BCUT2D eigenvalue weighted by atomic mass is 19.1. The number of rotatable bonds is 7. The van der Waals surface area contributed by atoms with Gasteiger partial charge in [-0.3, -0.25) is 4.79 Å². The van der Waals surface area contributed by atoms with Gasteiger partial charge in [0.15, 0.2) is 0 Å². The first-order valence-corrected chi connectivity index (χ1v) is 10.6. The number of aromatic nitrogens is 2. The van der Waals surface area contributed by atoms with Crippen molar-refractivity contribution >= 4 is 23.2 Å². The molecule has 0 radical (unpaired) electrons. The topological polar surface area (TPSA) is 117 Å². The molecule has 1 saturated carbocycles. The number of hydrogen-bond acceptors (Lipinski definition) is 6. The second kappa shape index (κ2) is 9.13. The number of carbonyl (C=O) groups is 1. The van der Waals surface area contributed by atoms with Gasteiger partial charge in [0.25, 0.3) is 0 Å². The van der Waals surface area contributed by atoms with Crippen LogP contribution < -0.4 is 16.4 Å². The lowest BCUT2D eigenvalue weighted by Gasteiger charge is -2.28. The van der Waals surface area contributed by atoms with Gasteiger partial charge in [-0.15, -0.1) is 0 Å². The molecule has 4 N–H and O–H groups in total. The highest BCUT2D eigenvalue weighted by molar-refractivity contribution is 5.76. The van der Waals surface area contributed by atoms with Crippen molar-refractivity contribution in [3.63, 3.8) is 0 Å². The first-order valence-electron chi connectivity index (χ1n) is 10.6. The molecule has 0 atom stereocenters. The maximum absolute atomic E-state index is 13.6. The zero-order valence-corrected chi connectivity index (χ0v) is 17.2. The molecule has 1 fully saturated rings. The Morgan fingerprint density at radius 3 is 2.84 bits per heavy atom. The fourth-order valence-corrected chi connectivity index (χ4v) is 4.29. The lowest BCUT2D eigenvalue weighted by molar-refractivity contribution is -0.122. The minimum absolute atomic E-state index is 0.0698. The quantitative estimate of drug-likeness (QED) is 0.632. The Hall–Kier alpha value is -3.47. The number of halogens is 1. The summed E-state index contributed by atoms with van der Waals surface area (Å²) in [6.45, 7) is 0.594. The molecule has 160 valence electrons. The van der Waals surface area contributed by atoms with Gasteiger partial charge in [-0.25, -0.2) is 9.37 Å². The van der Waals surface area contributed by atoms with E-state index in [0.29, 0.717) is 23.9 Å². The summed E-state index contributed by atoms with van der Waals surface area (Å²) < 4.78 is 13.6. The molecular formula is C23H25FN6O. The second-order valence-electron chi connectivity index (χ2n) is 8.07. The monoisotopic (exact) mass is 420 g/mol. The molecule has 1 heterocycles. The standard InChI is InChI=1S/C23H25FN6O/c24-18-6-3-14-1-2-15(20(14)11-18)9-10-27-23-28-13-17(12-25)22(30-23)29-19-7-4-16(5-8-19)21(26)31/h2-3,6,11,13,16,19H,1,4-5,7-10H2,(H2,26,31)(H2,27,28,29,30). The lowest BCUT2D eigenvalue weighted by Crippen LogP contribution is -2.32. The van der Waals surface area contributed by atoms with Gasteiger partial charge in [0, 0.05) is 18.5 Å². The van der Waals surface area contributed by atoms with Crippen molar-refractivity contribution in [1.29, 1.82) is 5.26 Å². The van der Waals surface area contributed by atoms with Crippen molar-refractivity contribution in [2.24, 2.45) is 11.7 Å². The number of anilines is 2. The van der Waals surface area contributed by atoms with Crippen molar-refractivity contribution in [3.05, 3.63) is 53.0 Å². The minimum atomic E-state index is -0.243. The Morgan fingerprint density at radius 2 is 2.10 bits per heavy atom. The molecule has 0 bridgehead atoms. The number of fused-ring (bicyclic) bond motifs is 1. The summed E-state index contributed by atoms with van der Waals surface area (Å²) >= 11 is 0. The number of nitrogens with zero attached hydrogens (tertiary/aromatic N) is 3. The molecule has 2 aliphatic rings. The van der Waals surface area contributed by atoms with Crippen LogP contribution in [0.5, 0.6) is 0 Å². The molecule has 0 unspecified atom stereocenters. The van der Waals surface area contributed by atoms with Crippen LogP contribution in [0.4, 0.5) is 16.2 Å². The molecule has 2 aliphatic carbocycles. The summed E-state index contributed by atoms with van der Waals surface area (Å²) in [5, 5.41) is 15.9. The number of allylic oxidation sites excluding steroid dienone is 1. The number of nitrogens with two attached hydrogens (primary N) is 1. The van der Waals surface area contributed by atoms with E-state index in [4.69, 9.17) is 5.73 Å². The summed E-state index contributed by atoms with van der Waals surface area (Å²) in [5.74, 6) is 0.392. The normalized spacial score (nSPS) is 19.8. The van der Waals surface area contributed by atoms with E-state index in [1.807, 2.05) is 6.07 Å². The Labute approximate surface area is 180 Å².